The number of sulfonamides is 1. The van der Waals surface area contributed by atoms with Crippen LogP contribution in [0.2, 0.25) is 0 Å². The van der Waals surface area contributed by atoms with Crippen LogP contribution in [0, 0.1) is 6.92 Å². The van der Waals surface area contributed by atoms with Crippen molar-refractivity contribution < 1.29 is 22.7 Å². The fourth-order valence-corrected chi connectivity index (χ4v) is 4.24. The van der Waals surface area contributed by atoms with Crippen molar-refractivity contribution in [3.8, 4) is 5.75 Å². The smallest absolute Gasteiger partial charge is 0.244 e. The largest absolute Gasteiger partial charge is 0.495 e. The first-order valence-corrected chi connectivity index (χ1v) is 12.6. The third kappa shape index (κ3) is 6.95. The molecule has 0 aromatic heterocycles. The Balaban J connectivity index is 2.44. The van der Waals surface area contributed by atoms with Crippen molar-refractivity contribution in [2.45, 2.75) is 46.3 Å². The number of amides is 2. The molecule has 0 bridgehead atoms. The maximum absolute atomic E-state index is 13.5. The zero-order chi connectivity index (χ0) is 24.8. The Morgan fingerprint density at radius 1 is 1.03 bits per heavy atom. The zero-order valence-corrected chi connectivity index (χ0v) is 20.8. The van der Waals surface area contributed by atoms with Crippen LogP contribution in [0.25, 0.3) is 0 Å². The summed E-state index contributed by atoms with van der Waals surface area (Å²) in [5.41, 5.74) is 2.10. The third-order valence-electron chi connectivity index (χ3n) is 5.23. The summed E-state index contributed by atoms with van der Waals surface area (Å²) in [6, 6.07) is 13.3. The molecule has 1 N–H and O–H groups in total. The number of aryl methyl sites for hydroxylation is 1. The number of anilines is 1. The number of carbonyl (C=O) groups excluding carboxylic acids is 2. The van der Waals surface area contributed by atoms with Crippen molar-refractivity contribution in [3.05, 3.63) is 59.7 Å². The number of nitrogens with zero attached hydrogens (tertiary/aromatic N) is 2. The molecule has 180 valence electrons. The summed E-state index contributed by atoms with van der Waals surface area (Å²) in [6.45, 7) is 6.94. The SMILES string of the molecule is COc1ccccc1N(CC(=O)N(Cc1ccccc1C)[C@@H](C)C(=O)NC(C)C)S(C)(=O)=O. The van der Waals surface area contributed by atoms with Crippen LogP contribution in [0.3, 0.4) is 0 Å². The van der Waals surface area contributed by atoms with Gasteiger partial charge in [-0.25, -0.2) is 8.42 Å². The lowest BCUT2D eigenvalue weighted by Crippen LogP contribution is -2.52. The highest BCUT2D eigenvalue weighted by Gasteiger charge is 2.31. The number of rotatable bonds is 10. The molecule has 1 atom stereocenters. The fourth-order valence-electron chi connectivity index (χ4n) is 3.39. The molecule has 2 rings (SSSR count). The minimum Gasteiger partial charge on any atom is -0.495 e. The summed E-state index contributed by atoms with van der Waals surface area (Å²) in [6.07, 6.45) is 1.04. The summed E-state index contributed by atoms with van der Waals surface area (Å²) in [5.74, 6) is -0.483. The molecule has 0 fully saturated rings. The Kier molecular flexibility index (Phi) is 8.87. The summed E-state index contributed by atoms with van der Waals surface area (Å²) >= 11 is 0. The fraction of sp³-hybridized carbons (Fsp3) is 0.417. The van der Waals surface area contributed by atoms with Gasteiger partial charge >= 0.3 is 0 Å². The lowest BCUT2D eigenvalue weighted by molar-refractivity contribution is -0.139. The maximum Gasteiger partial charge on any atom is 0.244 e. The average molecular weight is 476 g/mol. The molecule has 9 heteroatoms. The number of hydrogen-bond donors (Lipinski definition) is 1. The van der Waals surface area contributed by atoms with Crippen LogP contribution in [0.15, 0.2) is 48.5 Å². The minimum atomic E-state index is -3.82. The lowest BCUT2D eigenvalue weighted by Gasteiger charge is -2.32. The van der Waals surface area contributed by atoms with Crippen molar-refractivity contribution >= 4 is 27.5 Å². The molecule has 0 aliphatic heterocycles. The average Bonchev–Trinajstić information content (AvgIpc) is 2.75. The number of para-hydroxylation sites is 2. The standard InChI is InChI=1S/C24H33N3O5S/c1-17(2)25-24(29)19(4)26(15-20-12-8-7-11-18(20)3)23(28)16-27(33(6,30)31)21-13-9-10-14-22(21)32-5/h7-14,17,19H,15-16H2,1-6H3,(H,25,29)/t19-/m0/s1. The van der Waals surface area contributed by atoms with Crippen LogP contribution >= 0.6 is 0 Å². The Bertz CT molecular complexity index is 1090. The zero-order valence-electron chi connectivity index (χ0n) is 20.0. The van der Waals surface area contributed by atoms with Crippen LogP contribution in [0.1, 0.15) is 31.9 Å². The van der Waals surface area contributed by atoms with E-state index in [0.29, 0.717) is 5.75 Å². The molecule has 0 saturated carbocycles. The molecule has 2 aromatic rings. The van der Waals surface area contributed by atoms with Gasteiger partial charge in [0.15, 0.2) is 0 Å². The monoisotopic (exact) mass is 475 g/mol. The van der Waals surface area contributed by atoms with Gasteiger partial charge in [0.1, 0.15) is 18.3 Å². The van der Waals surface area contributed by atoms with E-state index in [1.807, 2.05) is 45.0 Å². The second kappa shape index (κ2) is 11.2. The van der Waals surface area contributed by atoms with E-state index in [4.69, 9.17) is 4.74 Å². The van der Waals surface area contributed by atoms with Gasteiger partial charge in [-0.05, 0) is 51.0 Å². The number of nitrogens with one attached hydrogen (secondary N) is 1. The van der Waals surface area contributed by atoms with Crippen LogP contribution in [-0.4, -0.2) is 57.1 Å². The van der Waals surface area contributed by atoms with E-state index in [-0.39, 0.29) is 24.2 Å². The number of carbonyl (C=O) groups is 2. The number of benzene rings is 2. The van der Waals surface area contributed by atoms with Crippen LogP contribution < -0.4 is 14.4 Å². The first-order valence-electron chi connectivity index (χ1n) is 10.7. The number of methoxy groups -OCH3 is 1. The predicted octanol–water partition coefficient (Wildman–Crippen LogP) is 2.71. The topological polar surface area (TPSA) is 96.0 Å². The van der Waals surface area contributed by atoms with E-state index in [2.05, 4.69) is 5.32 Å². The van der Waals surface area contributed by atoms with Crippen molar-refractivity contribution in [2.75, 3.05) is 24.2 Å². The maximum atomic E-state index is 13.5. The van der Waals surface area contributed by atoms with Crippen molar-refractivity contribution in [1.29, 1.82) is 0 Å². The highest BCUT2D eigenvalue weighted by atomic mass is 32.2. The van der Waals surface area contributed by atoms with E-state index in [1.165, 1.54) is 12.0 Å². The molecule has 0 heterocycles. The molecule has 0 radical (unpaired) electrons. The first kappa shape index (κ1) is 26.2. The molecule has 8 nitrogen and oxygen atoms in total. The molecular weight excluding hydrogens is 442 g/mol. The summed E-state index contributed by atoms with van der Waals surface area (Å²) in [5, 5.41) is 2.83. The second-order valence-electron chi connectivity index (χ2n) is 8.23. The normalized spacial score (nSPS) is 12.2. The summed E-state index contributed by atoms with van der Waals surface area (Å²) in [4.78, 5) is 27.7. The minimum absolute atomic E-state index is 0.100. The molecule has 0 aliphatic carbocycles. The lowest BCUT2D eigenvalue weighted by atomic mass is 10.1. The first-order chi connectivity index (χ1) is 15.5. The Labute approximate surface area is 196 Å². The molecule has 0 spiro atoms. The Morgan fingerprint density at radius 2 is 1.64 bits per heavy atom. The van der Waals surface area contributed by atoms with Crippen LogP contribution in [0.4, 0.5) is 5.69 Å². The van der Waals surface area contributed by atoms with Crippen molar-refractivity contribution in [2.24, 2.45) is 0 Å². The molecule has 0 aliphatic rings. The van der Waals surface area contributed by atoms with Gasteiger partial charge in [-0.3, -0.25) is 13.9 Å². The van der Waals surface area contributed by atoms with Gasteiger partial charge in [0.2, 0.25) is 21.8 Å². The van der Waals surface area contributed by atoms with Gasteiger partial charge in [0, 0.05) is 12.6 Å². The highest BCUT2D eigenvalue weighted by Crippen LogP contribution is 2.29. The molecule has 0 saturated heterocycles. The van der Waals surface area contributed by atoms with Gasteiger partial charge < -0.3 is 15.0 Å². The number of ether oxygens (including phenoxy) is 1. The molecular formula is C24H33N3O5S. The van der Waals surface area contributed by atoms with Crippen LogP contribution in [-0.2, 0) is 26.2 Å². The molecule has 0 unspecified atom stereocenters. The Hall–Kier alpha value is -3.07. The molecule has 2 aromatic carbocycles. The number of hydrogen-bond acceptors (Lipinski definition) is 5. The van der Waals surface area contributed by atoms with Crippen molar-refractivity contribution in [1.82, 2.24) is 10.2 Å². The van der Waals surface area contributed by atoms with Gasteiger partial charge in [-0.2, -0.15) is 0 Å². The van der Waals surface area contributed by atoms with E-state index in [9.17, 15) is 18.0 Å². The van der Waals surface area contributed by atoms with Crippen molar-refractivity contribution in [3.63, 3.8) is 0 Å². The summed E-state index contributed by atoms with van der Waals surface area (Å²) < 4.78 is 31.6. The van der Waals surface area contributed by atoms with Gasteiger partial charge in [0.25, 0.3) is 0 Å². The molecule has 33 heavy (non-hydrogen) atoms. The highest BCUT2D eigenvalue weighted by molar-refractivity contribution is 7.92. The van der Waals surface area contributed by atoms with Gasteiger partial charge in [0.05, 0.1) is 19.1 Å². The Morgan fingerprint density at radius 3 is 2.21 bits per heavy atom. The quantitative estimate of drug-likeness (QED) is 0.570. The van der Waals surface area contributed by atoms with E-state index >= 15 is 0 Å². The summed E-state index contributed by atoms with van der Waals surface area (Å²) in [7, 11) is -2.39. The second-order valence-corrected chi connectivity index (χ2v) is 10.1. The van der Waals surface area contributed by atoms with E-state index in [0.717, 1.165) is 21.7 Å². The predicted molar refractivity (Wildman–Crippen MR) is 130 cm³/mol. The van der Waals surface area contributed by atoms with Crippen LogP contribution in [0.5, 0.6) is 5.75 Å². The van der Waals surface area contributed by atoms with Gasteiger partial charge in [-0.15, -0.1) is 0 Å². The van der Waals surface area contributed by atoms with E-state index < -0.39 is 28.5 Å². The third-order valence-corrected chi connectivity index (χ3v) is 6.36. The van der Waals surface area contributed by atoms with E-state index in [1.54, 1.807) is 31.2 Å². The van der Waals surface area contributed by atoms with Gasteiger partial charge in [-0.1, -0.05) is 36.4 Å². The molecule has 2 amide bonds.